The van der Waals surface area contributed by atoms with E-state index in [1.165, 1.54) is 0 Å². The Morgan fingerprint density at radius 1 is 1.22 bits per heavy atom. The van der Waals surface area contributed by atoms with Gasteiger partial charge in [0.2, 0.25) is 11.8 Å². The lowest BCUT2D eigenvalue weighted by Gasteiger charge is -2.22. The van der Waals surface area contributed by atoms with Crippen LogP contribution in [-0.4, -0.2) is 48.9 Å². The summed E-state index contributed by atoms with van der Waals surface area (Å²) in [5, 5.41) is 7.52. The molecule has 7 nitrogen and oxygen atoms in total. The number of hydrogen-bond acceptors (Lipinski definition) is 4. The Morgan fingerprint density at radius 3 is 2.65 bits per heavy atom. The van der Waals surface area contributed by atoms with Gasteiger partial charge in [0.05, 0.1) is 12.6 Å². The van der Waals surface area contributed by atoms with Gasteiger partial charge in [-0.3, -0.25) is 19.8 Å². The first-order valence-corrected chi connectivity index (χ1v) is 7.67. The molecule has 124 valence electrons. The molecule has 4 amide bonds. The molecule has 0 radical (unpaired) electrons. The van der Waals surface area contributed by atoms with E-state index in [0.29, 0.717) is 13.1 Å². The van der Waals surface area contributed by atoms with Gasteiger partial charge in [-0.2, -0.15) is 0 Å². The molecule has 7 heteroatoms. The van der Waals surface area contributed by atoms with E-state index in [9.17, 15) is 14.4 Å². The van der Waals surface area contributed by atoms with Crippen molar-refractivity contribution >= 4 is 17.8 Å². The summed E-state index contributed by atoms with van der Waals surface area (Å²) in [6.45, 7) is 1.07. The highest BCUT2D eigenvalue weighted by Gasteiger charge is 2.31. The number of urea groups is 1. The molecule has 0 spiro atoms. The molecule has 1 heterocycles. The Bertz CT molecular complexity index is 562. The van der Waals surface area contributed by atoms with Crippen LogP contribution in [0.15, 0.2) is 30.3 Å². The summed E-state index contributed by atoms with van der Waals surface area (Å²) in [6, 6.07) is 8.61. The predicted octanol–water partition coefficient (Wildman–Crippen LogP) is 0.223. The maximum Gasteiger partial charge on any atom is 0.321 e. The van der Waals surface area contributed by atoms with Crippen LogP contribution < -0.4 is 16.0 Å². The van der Waals surface area contributed by atoms with Gasteiger partial charge in [-0.1, -0.05) is 30.3 Å². The maximum absolute atomic E-state index is 11.9. The van der Waals surface area contributed by atoms with E-state index in [-0.39, 0.29) is 18.5 Å². The molecule has 0 aliphatic carbocycles. The van der Waals surface area contributed by atoms with Gasteiger partial charge in [0.25, 0.3) is 0 Å². The number of hydrogen-bond donors (Lipinski definition) is 3. The van der Waals surface area contributed by atoms with Gasteiger partial charge in [0.15, 0.2) is 0 Å². The number of carbonyl (C=O) groups excluding carboxylic acids is 3. The quantitative estimate of drug-likeness (QED) is 0.724. The number of nitrogens with one attached hydrogen (secondary N) is 3. The highest BCUT2D eigenvalue weighted by atomic mass is 16.2. The summed E-state index contributed by atoms with van der Waals surface area (Å²) in [5.74, 6) is -0.504. The maximum atomic E-state index is 11.9. The van der Waals surface area contributed by atoms with Gasteiger partial charge in [-0.05, 0) is 24.9 Å². The molecule has 1 aliphatic rings. The summed E-state index contributed by atoms with van der Waals surface area (Å²) in [7, 11) is 1.58. The number of benzene rings is 1. The first kappa shape index (κ1) is 17.0. The molecule has 23 heavy (non-hydrogen) atoms. The minimum absolute atomic E-state index is 0.0385. The number of rotatable bonds is 5. The number of likely N-dealkylation sites (N-methyl/N-ethyl adjacent to an activating group) is 1. The SMILES string of the molecule is CNC(=O)[C@H]1CCCN1CC(=O)NC(=O)NCc1ccccc1. The van der Waals surface area contributed by atoms with Crippen molar-refractivity contribution in [1.82, 2.24) is 20.9 Å². The summed E-state index contributed by atoms with van der Waals surface area (Å²) in [5.41, 5.74) is 0.953. The fraction of sp³-hybridized carbons (Fsp3) is 0.438. The molecule has 1 aromatic rings. The van der Waals surface area contributed by atoms with Crippen LogP contribution in [0.3, 0.4) is 0 Å². The number of amides is 4. The van der Waals surface area contributed by atoms with Crippen LogP contribution in [-0.2, 0) is 16.1 Å². The van der Waals surface area contributed by atoms with E-state index >= 15 is 0 Å². The van der Waals surface area contributed by atoms with E-state index in [2.05, 4.69) is 16.0 Å². The third kappa shape index (κ3) is 5.07. The summed E-state index contributed by atoms with van der Waals surface area (Å²) >= 11 is 0. The first-order chi connectivity index (χ1) is 11.1. The van der Waals surface area contributed by atoms with Crippen molar-refractivity contribution in [2.75, 3.05) is 20.1 Å². The van der Waals surface area contributed by atoms with Crippen molar-refractivity contribution < 1.29 is 14.4 Å². The Morgan fingerprint density at radius 2 is 1.96 bits per heavy atom. The van der Waals surface area contributed by atoms with E-state index in [0.717, 1.165) is 18.4 Å². The third-order valence-electron chi connectivity index (χ3n) is 3.81. The topological polar surface area (TPSA) is 90.5 Å². The average Bonchev–Trinajstić information content (AvgIpc) is 3.01. The Balaban J connectivity index is 1.75. The Hall–Kier alpha value is -2.41. The second-order valence-corrected chi connectivity index (χ2v) is 5.46. The van der Waals surface area contributed by atoms with E-state index < -0.39 is 11.9 Å². The molecule has 0 saturated carbocycles. The van der Waals surface area contributed by atoms with E-state index in [1.54, 1.807) is 11.9 Å². The molecule has 0 bridgehead atoms. The van der Waals surface area contributed by atoms with Crippen LogP contribution in [0.5, 0.6) is 0 Å². The van der Waals surface area contributed by atoms with Crippen molar-refractivity contribution in [3.63, 3.8) is 0 Å². The number of imide groups is 1. The van der Waals surface area contributed by atoms with E-state index in [1.807, 2.05) is 30.3 Å². The second-order valence-electron chi connectivity index (χ2n) is 5.46. The van der Waals surface area contributed by atoms with Crippen LogP contribution in [0.1, 0.15) is 18.4 Å². The molecule has 0 aromatic heterocycles. The lowest BCUT2D eigenvalue weighted by Crippen LogP contribution is -2.48. The second kappa shape index (κ2) is 8.28. The molecule has 1 saturated heterocycles. The molecule has 1 atom stereocenters. The van der Waals surface area contributed by atoms with Gasteiger partial charge < -0.3 is 10.6 Å². The third-order valence-corrected chi connectivity index (χ3v) is 3.81. The number of carbonyl (C=O) groups is 3. The zero-order valence-corrected chi connectivity index (χ0v) is 13.2. The molecule has 0 unspecified atom stereocenters. The minimum atomic E-state index is -0.533. The number of likely N-dealkylation sites (tertiary alicyclic amines) is 1. The molecule has 3 N–H and O–H groups in total. The Kier molecular flexibility index (Phi) is 6.10. The van der Waals surface area contributed by atoms with Crippen LogP contribution in [0.2, 0.25) is 0 Å². The molecule has 1 aliphatic heterocycles. The zero-order valence-electron chi connectivity index (χ0n) is 13.2. The highest BCUT2D eigenvalue weighted by Crippen LogP contribution is 2.16. The van der Waals surface area contributed by atoms with Gasteiger partial charge >= 0.3 is 6.03 Å². The molecular formula is C16H22N4O3. The van der Waals surface area contributed by atoms with Gasteiger partial charge in [-0.15, -0.1) is 0 Å². The summed E-state index contributed by atoms with van der Waals surface area (Å²) in [6.07, 6.45) is 1.60. The van der Waals surface area contributed by atoms with Crippen molar-refractivity contribution in [3.8, 4) is 0 Å². The monoisotopic (exact) mass is 318 g/mol. The predicted molar refractivity (Wildman–Crippen MR) is 85.5 cm³/mol. The van der Waals surface area contributed by atoms with Gasteiger partial charge in [-0.25, -0.2) is 4.79 Å². The molecule has 2 rings (SSSR count). The van der Waals surface area contributed by atoms with E-state index in [4.69, 9.17) is 0 Å². The minimum Gasteiger partial charge on any atom is -0.358 e. The average molecular weight is 318 g/mol. The number of nitrogens with zero attached hydrogens (tertiary/aromatic N) is 1. The van der Waals surface area contributed by atoms with Crippen LogP contribution in [0.4, 0.5) is 4.79 Å². The summed E-state index contributed by atoms with van der Waals surface area (Å²) < 4.78 is 0. The highest BCUT2D eigenvalue weighted by molar-refractivity contribution is 5.95. The Labute approximate surface area is 135 Å². The smallest absolute Gasteiger partial charge is 0.321 e. The largest absolute Gasteiger partial charge is 0.358 e. The van der Waals surface area contributed by atoms with Crippen molar-refractivity contribution in [2.24, 2.45) is 0 Å². The van der Waals surface area contributed by atoms with Crippen molar-refractivity contribution in [2.45, 2.75) is 25.4 Å². The van der Waals surface area contributed by atoms with Crippen LogP contribution in [0.25, 0.3) is 0 Å². The van der Waals surface area contributed by atoms with Crippen LogP contribution >= 0.6 is 0 Å². The fourth-order valence-corrected chi connectivity index (χ4v) is 2.65. The standard InChI is InChI=1S/C16H22N4O3/c1-17-15(22)13-8-5-9-20(13)11-14(21)19-16(23)18-10-12-6-3-2-4-7-12/h2-4,6-7,13H,5,8-11H2,1H3,(H,17,22)(H2,18,19,21,23)/t13-/m1/s1. The van der Waals surface area contributed by atoms with Crippen molar-refractivity contribution in [3.05, 3.63) is 35.9 Å². The van der Waals surface area contributed by atoms with Crippen LogP contribution in [0, 0.1) is 0 Å². The molecule has 1 aromatic carbocycles. The first-order valence-electron chi connectivity index (χ1n) is 7.67. The lowest BCUT2D eigenvalue weighted by atomic mass is 10.2. The molecule has 1 fully saturated rings. The lowest BCUT2D eigenvalue weighted by molar-refractivity contribution is -0.126. The molecular weight excluding hydrogens is 296 g/mol. The normalized spacial score (nSPS) is 17.5. The fourth-order valence-electron chi connectivity index (χ4n) is 2.65. The van der Waals surface area contributed by atoms with Gasteiger partial charge in [0, 0.05) is 13.6 Å². The summed E-state index contributed by atoms with van der Waals surface area (Å²) in [4.78, 5) is 37.2. The van der Waals surface area contributed by atoms with Crippen molar-refractivity contribution in [1.29, 1.82) is 0 Å². The zero-order chi connectivity index (χ0) is 16.7. The van der Waals surface area contributed by atoms with Gasteiger partial charge in [0.1, 0.15) is 0 Å².